The van der Waals surface area contributed by atoms with Crippen molar-refractivity contribution in [2.45, 2.75) is 26.3 Å². The maximum atomic E-state index is 12.0. The van der Waals surface area contributed by atoms with E-state index in [4.69, 9.17) is 0 Å². The van der Waals surface area contributed by atoms with Gasteiger partial charge in [0.15, 0.2) is 0 Å². The van der Waals surface area contributed by atoms with Gasteiger partial charge >= 0.3 is 0 Å². The van der Waals surface area contributed by atoms with Crippen molar-refractivity contribution in [2.75, 3.05) is 46.8 Å². The first kappa shape index (κ1) is 17.4. The molecular formula is C12H26N4O3S. The predicted molar refractivity (Wildman–Crippen MR) is 78.5 cm³/mol. The number of amides is 1. The summed E-state index contributed by atoms with van der Waals surface area (Å²) in [6, 6.07) is 0.179. The normalized spacial score (nSPS) is 20.1. The molecule has 118 valence electrons. The van der Waals surface area contributed by atoms with Crippen LogP contribution in [-0.2, 0) is 15.0 Å². The molecule has 1 aliphatic heterocycles. The Morgan fingerprint density at radius 3 is 2.25 bits per heavy atom. The molecule has 0 aromatic rings. The Morgan fingerprint density at radius 1 is 1.25 bits per heavy atom. The molecule has 0 spiro atoms. The minimum absolute atomic E-state index is 0.00302. The lowest BCUT2D eigenvalue weighted by Crippen LogP contribution is -2.53. The molecule has 1 heterocycles. The summed E-state index contributed by atoms with van der Waals surface area (Å²) >= 11 is 0. The first-order valence-corrected chi connectivity index (χ1v) is 8.36. The second kappa shape index (κ2) is 7.35. The fourth-order valence-corrected chi connectivity index (χ4v) is 3.06. The SMILES string of the molecule is CC[C@@H](C)NC(=O)CN1CCN(S(=O)(=O)N(C)C)CC1. The summed E-state index contributed by atoms with van der Waals surface area (Å²) in [4.78, 5) is 13.8. The van der Waals surface area contributed by atoms with Gasteiger partial charge in [-0.25, -0.2) is 0 Å². The molecule has 7 nitrogen and oxygen atoms in total. The van der Waals surface area contributed by atoms with Crippen LogP contribution in [-0.4, -0.2) is 80.7 Å². The molecule has 20 heavy (non-hydrogen) atoms. The minimum Gasteiger partial charge on any atom is -0.353 e. The topological polar surface area (TPSA) is 73.0 Å². The van der Waals surface area contributed by atoms with E-state index >= 15 is 0 Å². The Hall–Kier alpha value is -0.700. The number of rotatable bonds is 6. The third-order valence-corrected chi connectivity index (χ3v) is 5.45. The Labute approximate surface area is 122 Å². The van der Waals surface area contributed by atoms with Crippen LogP contribution >= 0.6 is 0 Å². The number of carbonyl (C=O) groups is 1. The number of hydrogen-bond donors (Lipinski definition) is 1. The molecule has 1 atom stereocenters. The number of piperazine rings is 1. The zero-order valence-electron chi connectivity index (χ0n) is 12.8. The first-order valence-electron chi connectivity index (χ1n) is 6.96. The Kier molecular flexibility index (Phi) is 6.38. The van der Waals surface area contributed by atoms with Crippen LogP contribution in [0.4, 0.5) is 0 Å². The fourth-order valence-electron chi connectivity index (χ4n) is 1.97. The molecule has 0 aliphatic carbocycles. The quantitative estimate of drug-likeness (QED) is 0.706. The van der Waals surface area contributed by atoms with Crippen LogP contribution in [0.2, 0.25) is 0 Å². The van der Waals surface area contributed by atoms with Crippen LogP contribution in [0.3, 0.4) is 0 Å². The lowest BCUT2D eigenvalue weighted by Gasteiger charge is -2.34. The maximum Gasteiger partial charge on any atom is 0.281 e. The molecule has 1 amide bonds. The lowest BCUT2D eigenvalue weighted by atomic mass is 10.2. The summed E-state index contributed by atoms with van der Waals surface area (Å²) in [7, 11) is -0.277. The van der Waals surface area contributed by atoms with Crippen molar-refractivity contribution in [3.8, 4) is 0 Å². The summed E-state index contributed by atoms with van der Waals surface area (Å²) in [6.07, 6.45) is 0.903. The van der Waals surface area contributed by atoms with Crippen molar-refractivity contribution >= 4 is 16.1 Å². The van der Waals surface area contributed by atoms with Crippen LogP contribution in [0.1, 0.15) is 20.3 Å². The van der Waals surface area contributed by atoms with Gasteiger partial charge in [0.25, 0.3) is 10.2 Å². The molecule has 8 heteroatoms. The largest absolute Gasteiger partial charge is 0.353 e. The standard InChI is InChI=1S/C12H26N4O3S/c1-5-11(2)13-12(17)10-15-6-8-16(9-7-15)20(18,19)14(3)4/h11H,5-10H2,1-4H3,(H,13,17)/t11-/m1/s1. The van der Waals surface area contributed by atoms with Gasteiger partial charge in [-0.2, -0.15) is 17.0 Å². The van der Waals surface area contributed by atoms with Gasteiger partial charge in [0, 0.05) is 46.3 Å². The number of nitrogens with one attached hydrogen (secondary N) is 1. The zero-order valence-corrected chi connectivity index (χ0v) is 13.6. The van der Waals surface area contributed by atoms with E-state index in [-0.39, 0.29) is 11.9 Å². The summed E-state index contributed by atoms with van der Waals surface area (Å²) < 4.78 is 26.6. The van der Waals surface area contributed by atoms with Gasteiger partial charge in [-0.1, -0.05) is 6.92 Å². The van der Waals surface area contributed by atoms with Crippen molar-refractivity contribution in [1.29, 1.82) is 0 Å². The Balaban J connectivity index is 2.41. The van der Waals surface area contributed by atoms with E-state index in [9.17, 15) is 13.2 Å². The summed E-state index contributed by atoms with van der Waals surface area (Å²) in [5.41, 5.74) is 0. The van der Waals surface area contributed by atoms with E-state index in [0.717, 1.165) is 6.42 Å². The monoisotopic (exact) mass is 306 g/mol. The second-order valence-electron chi connectivity index (χ2n) is 5.34. The third-order valence-electron chi connectivity index (χ3n) is 3.51. The van der Waals surface area contributed by atoms with Gasteiger partial charge in [0.05, 0.1) is 6.54 Å². The highest BCUT2D eigenvalue weighted by Gasteiger charge is 2.29. The minimum atomic E-state index is -3.34. The average molecular weight is 306 g/mol. The first-order chi connectivity index (χ1) is 9.27. The van der Waals surface area contributed by atoms with E-state index in [1.807, 2.05) is 18.7 Å². The highest BCUT2D eigenvalue weighted by Crippen LogP contribution is 2.09. The van der Waals surface area contributed by atoms with E-state index in [1.165, 1.54) is 22.7 Å². The molecule has 0 radical (unpaired) electrons. The molecule has 0 bridgehead atoms. The van der Waals surface area contributed by atoms with Crippen molar-refractivity contribution < 1.29 is 13.2 Å². The molecular weight excluding hydrogens is 280 g/mol. The predicted octanol–water partition coefficient (Wildman–Crippen LogP) is -0.675. The lowest BCUT2D eigenvalue weighted by molar-refractivity contribution is -0.123. The summed E-state index contributed by atoms with van der Waals surface area (Å²) in [6.45, 7) is 6.35. The van der Waals surface area contributed by atoms with Crippen LogP contribution in [0.5, 0.6) is 0 Å². The van der Waals surface area contributed by atoms with E-state index < -0.39 is 10.2 Å². The van der Waals surface area contributed by atoms with Crippen molar-refractivity contribution in [3.63, 3.8) is 0 Å². The summed E-state index contributed by atoms with van der Waals surface area (Å²) in [5, 5.41) is 2.92. The number of hydrogen-bond acceptors (Lipinski definition) is 4. The van der Waals surface area contributed by atoms with E-state index in [2.05, 4.69) is 5.32 Å². The Morgan fingerprint density at radius 2 is 1.80 bits per heavy atom. The molecule has 1 fully saturated rings. The molecule has 1 saturated heterocycles. The van der Waals surface area contributed by atoms with Crippen LogP contribution in [0.25, 0.3) is 0 Å². The van der Waals surface area contributed by atoms with Gasteiger partial charge in [0.1, 0.15) is 0 Å². The smallest absolute Gasteiger partial charge is 0.281 e. The fraction of sp³-hybridized carbons (Fsp3) is 0.917. The molecule has 1 N–H and O–H groups in total. The average Bonchev–Trinajstić information content (AvgIpc) is 2.38. The van der Waals surface area contributed by atoms with E-state index in [0.29, 0.717) is 32.7 Å². The number of carbonyl (C=O) groups excluding carboxylic acids is 1. The molecule has 0 aromatic heterocycles. The summed E-state index contributed by atoms with van der Waals surface area (Å²) in [5.74, 6) is 0.00302. The molecule has 1 rings (SSSR count). The molecule has 0 saturated carbocycles. The maximum absolute atomic E-state index is 12.0. The van der Waals surface area contributed by atoms with Crippen molar-refractivity contribution in [1.82, 2.24) is 18.8 Å². The van der Waals surface area contributed by atoms with Gasteiger partial charge in [0.2, 0.25) is 5.91 Å². The van der Waals surface area contributed by atoms with Gasteiger partial charge < -0.3 is 5.32 Å². The highest BCUT2D eigenvalue weighted by molar-refractivity contribution is 7.86. The van der Waals surface area contributed by atoms with Crippen molar-refractivity contribution in [3.05, 3.63) is 0 Å². The van der Waals surface area contributed by atoms with Gasteiger partial charge in [-0.05, 0) is 13.3 Å². The van der Waals surface area contributed by atoms with Crippen molar-refractivity contribution in [2.24, 2.45) is 0 Å². The number of nitrogens with zero attached hydrogens (tertiary/aromatic N) is 3. The van der Waals surface area contributed by atoms with Gasteiger partial charge in [-0.15, -0.1) is 0 Å². The van der Waals surface area contributed by atoms with Gasteiger partial charge in [-0.3, -0.25) is 9.69 Å². The zero-order chi connectivity index (χ0) is 15.3. The van der Waals surface area contributed by atoms with Crippen LogP contribution < -0.4 is 5.32 Å². The second-order valence-corrected chi connectivity index (χ2v) is 7.48. The Bertz CT molecular complexity index is 416. The molecule has 0 aromatic carbocycles. The van der Waals surface area contributed by atoms with Crippen LogP contribution in [0.15, 0.2) is 0 Å². The molecule has 1 aliphatic rings. The van der Waals surface area contributed by atoms with Crippen LogP contribution in [0, 0.1) is 0 Å². The highest BCUT2D eigenvalue weighted by atomic mass is 32.2. The molecule has 0 unspecified atom stereocenters. The van der Waals surface area contributed by atoms with E-state index in [1.54, 1.807) is 0 Å². The third kappa shape index (κ3) is 4.69.